The maximum Gasteiger partial charge on any atom is 0.183 e. The Hall–Kier alpha value is -1.90. The molecule has 2 radical (unpaired) electrons. The molecule has 62 valence electrons. The monoisotopic (exact) mass is 170 g/mol. The number of rotatable bonds is 0. The molecule has 0 amide bonds. The molecule has 3 rings (SSSR count). The number of para-hydroxylation sites is 2. The Morgan fingerprint density at radius 2 is 2.15 bits per heavy atom. The van der Waals surface area contributed by atoms with Crippen LogP contribution in [0, 0.1) is 12.3 Å². The van der Waals surface area contributed by atoms with Crippen molar-refractivity contribution in [2.24, 2.45) is 0 Å². The average molecular weight is 170 g/mol. The Labute approximate surface area is 76.1 Å². The molecule has 2 aliphatic heterocycles. The molecule has 13 heavy (non-hydrogen) atoms. The van der Waals surface area contributed by atoms with E-state index in [0.717, 1.165) is 11.4 Å². The molecule has 0 saturated heterocycles. The molecule has 0 fully saturated rings. The third kappa shape index (κ3) is 0.839. The SMILES string of the molecule is [C]1=[C]N2c3ccccc3ON2C=C1. The van der Waals surface area contributed by atoms with Crippen molar-refractivity contribution in [3.05, 3.63) is 48.8 Å². The summed E-state index contributed by atoms with van der Waals surface area (Å²) < 4.78 is 0. The van der Waals surface area contributed by atoms with Crippen molar-refractivity contribution >= 4 is 5.69 Å². The van der Waals surface area contributed by atoms with E-state index in [9.17, 15) is 0 Å². The second-order valence-corrected chi connectivity index (χ2v) is 2.75. The Bertz CT molecular complexity index is 398. The molecule has 2 heterocycles. The van der Waals surface area contributed by atoms with E-state index in [2.05, 4.69) is 12.3 Å². The largest absolute Gasteiger partial charge is 0.357 e. The quantitative estimate of drug-likeness (QED) is 0.589. The van der Waals surface area contributed by atoms with E-state index in [0.29, 0.717) is 0 Å². The predicted molar refractivity (Wildman–Crippen MR) is 47.0 cm³/mol. The van der Waals surface area contributed by atoms with E-state index in [1.54, 1.807) is 22.5 Å². The number of benzene rings is 1. The molecular formula is C10H6N2O. The van der Waals surface area contributed by atoms with Gasteiger partial charge in [0.15, 0.2) is 5.75 Å². The van der Waals surface area contributed by atoms with Gasteiger partial charge in [-0.3, -0.25) is 0 Å². The molecule has 0 saturated carbocycles. The summed E-state index contributed by atoms with van der Waals surface area (Å²) in [5.41, 5.74) is 0.986. The van der Waals surface area contributed by atoms with Gasteiger partial charge in [0.1, 0.15) is 11.9 Å². The number of hydrogen-bond acceptors (Lipinski definition) is 3. The first-order chi connectivity index (χ1) is 6.45. The lowest BCUT2D eigenvalue weighted by atomic mass is 10.3. The van der Waals surface area contributed by atoms with Gasteiger partial charge in [-0.2, -0.15) is 0 Å². The Morgan fingerprint density at radius 3 is 3.15 bits per heavy atom. The number of hydrogen-bond donors (Lipinski definition) is 0. The molecular weight excluding hydrogens is 164 g/mol. The molecule has 0 N–H and O–H groups in total. The van der Waals surface area contributed by atoms with E-state index in [-0.39, 0.29) is 0 Å². The Balaban J connectivity index is 2.12. The number of nitrogens with zero attached hydrogens (tertiary/aromatic N) is 2. The summed E-state index contributed by atoms with van der Waals surface area (Å²) in [6, 6.07) is 7.80. The van der Waals surface area contributed by atoms with Gasteiger partial charge in [-0.25, -0.2) is 5.01 Å². The van der Waals surface area contributed by atoms with Crippen LogP contribution >= 0.6 is 0 Å². The van der Waals surface area contributed by atoms with E-state index in [1.807, 2.05) is 24.3 Å². The normalized spacial score (nSPS) is 16.9. The van der Waals surface area contributed by atoms with E-state index in [1.165, 1.54) is 0 Å². The average Bonchev–Trinajstić information content (AvgIpc) is 2.56. The van der Waals surface area contributed by atoms with E-state index < -0.39 is 0 Å². The smallest absolute Gasteiger partial charge is 0.183 e. The molecule has 2 aliphatic rings. The van der Waals surface area contributed by atoms with Gasteiger partial charge in [0.2, 0.25) is 0 Å². The fourth-order valence-electron chi connectivity index (χ4n) is 1.36. The molecule has 0 spiro atoms. The molecule has 1 aromatic carbocycles. The van der Waals surface area contributed by atoms with Crippen LogP contribution in [0.1, 0.15) is 0 Å². The molecule has 3 heteroatoms. The summed E-state index contributed by atoms with van der Waals surface area (Å²) in [6.07, 6.45) is 9.35. The van der Waals surface area contributed by atoms with Crippen LogP contribution in [0.5, 0.6) is 5.75 Å². The standard InChI is InChI=1S/C10H6N2O/c1-2-6-10-9(5-1)11-7-3-4-8-12(11)13-10/h1-2,4-6,8H. The summed E-state index contributed by atoms with van der Waals surface area (Å²) in [7, 11) is 0. The topological polar surface area (TPSA) is 15.7 Å². The van der Waals surface area contributed by atoms with Crippen LogP contribution in [0.25, 0.3) is 0 Å². The summed E-state index contributed by atoms with van der Waals surface area (Å²) in [5.74, 6) is 0.836. The first-order valence-corrected chi connectivity index (χ1v) is 3.99. The second kappa shape index (κ2) is 2.29. The predicted octanol–water partition coefficient (Wildman–Crippen LogP) is 1.66. The van der Waals surface area contributed by atoms with Crippen LogP contribution in [0.4, 0.5) is 5.69 Å². The Kier molecular flexibility index (Phi) is 1.16. The van der Waals surface area contributed by atoms with Crippen molar-refractivity contribution in [2.45, 2.75) is 0 Å². The third-order valence-corrected chi connectivity index (χ3v) is 1.94. The first-order valence-electron chi connectivity index (χ1n) is 3.99. The summed E-state index contributed by atoms with van der Waals surface area (Å²) in [5, 5.41) is 3.39. The van der Waals surface area contributed by atoms with Crippen LogP contribution in [0.2, 0.25) is 0 Å². The van der Waals surface area contributed by atoms with Crippen LogP contribution in [0.3, 0.4) is 0 Å². The zero-order valence-electron chi connectivity index (χ0n) is 6.77. The molecule has 0 atom stereocenters. The highest BCUT2D eigenvalue weighted by atomic mass is 16.7. The fourth-order valence-corrected chi connectivity index (χ4v) is 1.36. The van der Waals surface area contributed by atoms with Crippen LogP contribution in [-0.4, -0.2) is 5.17 Å². The van der Waals surface area contributed by atoms with Gasteiger partial charge in [0.05, 0.1) is 6.20 Å². The van der Waals surface area contributed by atoms with Crippen LogP contribution in [-0.2, 0) is 0 Å². The minimum atomic E-state index is 0.836. The van der Waals surface area contributed by atoms with Gasteiger partial charge in [-0.15, -0.1) is 5.17 Å². The second-order valence-electron chi connectivity index (χ2n) is 2.75. The van der Waals surface area contributed by atoms with E-state index in [4.69, 9.17) is 4.84 Å². The number of hydroxylamine groups is 1. The fraction of sp³-hybridized carbons (Fsp3) is 0. The highest BCUT2D eigenvalue weighted by molar-refractivity contribution is 5.61. The molecule has 1 aromatic rings. The minimum Gasteiger partial charge on any atom is -0.357 e. The van der Waals surface area contributed by atoms with Gasteiger partial charge in [0.25, 0.3) is 0 Å². The van der Waals surface area contributed by atoms with E-state index >= 15 is 0 Å². The van der Waals surface area contributed by atoms with Crippen molar-refractivity contribution in [3.8, 4) is 5.75 Å². The highest BCUT2D eigenvalue weighted by Crippen LogP contribution is 2.36. The van der Waals surface area contributed by atoms with Crippen molar-refractivity contribution < 1.29 is 4.84 Å². The van der Waals surface area contributed by atoms with Crippen molar-refractivity contribution in [1.82, 2.24) is 5.17 Å². The summed E-state index contributed by atoms with van der Waals surface area (Å²) in [4.78, 5) is 5.48. The lowest BCUT2D eigenvalue weighted by Gasteiger charge is -2.22. The number of fused-ring (bicyclic) bond motifs is 3. The third-order valence-electron chi connectivity index (χ3n) is 1.94. The lowest BCUT2D eigenvalue weighted by Crippen LogP contribution is -2.33. The maximum atomic E-state index is 5.48. The van der Waals surface area contributed by atoms with Crippen molar-refractivity contribution in [2.75, 3.05) is 5.01 Å². The molecule has 0 unspecified atom stereocenters. The maximum absolute atomic E-state index is 5.48. The molecule has 0 aromatic heterocycles. The van der Waals surface area contributed by atoms with Gasteiger partial charge < -0.3 is 4.84 Å². The minimum absolute atomic E-state index is 0.836. The first kappa shape index (κ1) is 6.60. The van der Waals surface area contributed by atoms with Gasteiger partial charge >= 0.3 is 0 Å². The number of anilines is 1. The summed E-state index contributed by atoms with van der Waals surface area (Å²) >= 11 is 0. The molecule has 0 aliphatic carbocycles. The highest BCUT2D eigenvalue weighted by Gasteiger charge is 2.26. The molecule has 0 bridgehead atoms. The van der Waals surface area contributed by atoms with Crippen LogP contribution in [0.15, 0.2) is 36.5 Å². The van der Waals surface area contributed by atoms with Crippen molar-refractivity contribution in [3.63, 3.8) is 0 Å². The van der Waals surface area contributed by atoms with Crippen LogP contribution < -0.4 is 9.85 Å². The van der Waals surface area contributed by atoms with Crippen molar-refractivity contribution in [1.29, 1.82) is 0 Å². The number of allylic oxidation sites excluding steroid dienone is 2. The summed E-state index contributed by atoms with van der Waals surface area (Å²) in [6.45, 7) is 0. The van der Waals surface area contributed by atoms with Gasteiger partial charge in [0, 0.05) is 6.08 Å². The number of hydrazine groups is 1. The lowest BCUT2D eigenvalue weighted by molar-refractivity contribution is 0.0111. The van der Waals surface area contributed by atoms with Gasteiger partial charge in [-0.1, -0.05) is 12.1 Å². The van der Waals surface area contributed by atoms with Gasteiger partial charge in [-0.05, 0) is 18.2 Å². The Morgan fingerprint density at radius 1 is 1.23 bits per heavy atom. The molecule has 3 nitrogen and oxygen atoms in total. The zero-order valence-corrected chi connectivity index (χ0v) is 6.77. The zero-order chi connectivity index (χ0) is 8.67.